The lowest BCUT2D eigenvalue weighted by Crippen LogP contribution is -2.22. The number of hydrogen-bond acceptors (Lipinski definition) is 8. The van der Waals surface area contributed by atoms with Crippen LogP contribution in [-0.4, -0.2) is 32.0 Å². The Balaban J connectivity index is 1.63. The summed E-state index contributed by atoms with van der Waals surface area (Å²) >= 11 is 2.67. The van der Waals surface area contributed by atoms with Gasteiger partial charge in [-0.2, -0.15) is 0 Å². The van der Waals surface area contributed by atoms with E-state index in [-0.39, 0.29) is 11.1 Å². The van der Waals surface area contributed by atoms with Crippen LogP contribution in [0.1, 0.15) is 16.1 Å². The van der Waals surface area contributed by atoms with Gasteiger partial charge in [0, 0.05) is 23.4 Å². The van der Waals surface area contributed by atoms with Crippen LogP contribution in [-0.2, 0) is 10.5 Å². The number of carbonyl (C=O) groups excluding carboxylic acids is 1. The zero-order valence-electron chi connectivity index (χ0n) is 17.3. The summed E-state index contributed by atoms with van der Waals surface area (Å²) in [7, 11) is 1.30. The number of thioether (sulfide) groups is 1. The van der Waals surface area contributed by atoms with E-state index in [1.54, 1.807) is 29.8 Å². The minimum atomic E-state index is -0.505. The normalized spacial score (nSPS) is 11.2. The van der Waals surface area contributed by atoms with Crippen LogP contribution in [0.25, 0.3) is 21.6 Å². The Labute approximate surface area is 195 Å². The van der Waals surface area contributed by atoms with Crippen molar-refractivity contribution in [2.45, 2.75) is 10.9 Å². The minimum Gasteiger partial charge on any atom is -0.465 e. The number of ether oxygens (including phenoxy) is 1. The monoisotopic (exact) mass is 476 g/mol. The third-order valence-electron chi connectivity index (χ3n) is 4.98. The molecule has 3 aromatic heterocycles. The maximum atomic E-state index is 13.4. The Morgan fingerprint density at radius 1 is 1.09 bits per heavy atom. The third-order valence-corrected chi connectivity index (χ3v) is 6.71. The molecule has 0 saturated carbocycles. The fourth-order valence-corrected chi connectivity index (χ4v) is 5.06. The topological polar surface area (TPSA) is 95.6 Å². The molecule has 0 aliphatic carbocycles. The van der Waals surface area contributed by atoms with E-state index in [1.807, 2.05) is 30.3 Å². The summed E-state index contributed by atoms with van der Waals surface area (Å²) in [6.45, 7) is 0. The number of fused-ring (bicyclic) bond motifs is 2. The van der Waals surface area contributed by atoms with Gasteiger partial charge in [0.05, 0.1) is 35.0 Å². The van der Waals surface area contributed by atoms with E-state index in [9.17, 15) is 14.4 Å². The number of aromatic nitrogens is 4. The van der Waals surface area contributed by atoms with Crippen LogP contribution in [0.4, 0.5) is 0 Å². The molecule has 10 heteroatoms. The molecule has 0 aliphatic heterocycles. The van der Waals surface area contributed by atoms with Gasteiger partial charge in [-0.25, -0.2) is 14.8 Å². The summed E-state index contributed by atoms with van der Waals surface area (Å²) < 4.78 is 7.81. The van der Waals surface area contributed by atoms with E-state index in [0.717, 1.165) is 0 Å². The number of nitrogens with zero attached hydrogens (tertiary/aromatic N) is 4. The highest BCUT2D eigenvalue weighted by Crippen LogP contribution is 2.25. The predicted octanol–water partition coefficient (Wildman–Crippen LogP) is 3.53. The first kappa shape index (κ1) is 21.1. The standard InChI is InChI=1S/C23H16N4O4S2/c1-31-21(30)14-7-8-17-18(11-14)25-23(27(20(17)29)16-5-3-2-4-6-16)33-13-15-12-19(28)26-9-10-32-22(26)24-15/h2-12H,13H2,1H3. The predicted molar refractivity (Wildman–Crippen MR) is 128 cm³/mol. The summed E-state index contributed by atoms with van der Waals surface area (Å²) in [5, 5.41) is 2.61. The Bertz CT molecular complexity index is 1620. The quantitative estimate of drug-likeness (QED) is 0.218. The molecule has 0 N–H and O–H groups in total. The van der Waals surface area contributed by atoms with Crippen molar-refractivity contribution in [3.8, 4) is 5.69 Å². The van der Waals surface area contributed by atoms with Gasteiger partial charge in [-0.3, -0.25) is 18.6 Å². The lowest BCUT2D eigenvalue weighted by atomic mass is 10.1. The molecule has 0 fully saturated rings. The Morgan fingerprint density at radius 3 is 2.70 bits per heavy atom. The van der Waals surface area contributed by atoms with Gasteiger partial charge in [-0.05, 0) is 30.3 Å². The summed E-state index contributed by atoms with van der Waals surface area (Å²) in [4.78, 5) is 47.5. The van der Waals surface area contributed by atoms with Gasteiger partial charge in [0.25, 0.3) is 11.1 Å². The fourth-order valence-electron chi connectivity index (χ4n) is 3.41. The summed E-state index contributed by atoms with van der Waals surface area (Å²) in [5.41, 5.74) is 1.53. The van der Waals surface area contributed by atoms with Gasteiger partial charge < -0.3 is 4.74 Å². The second-order valence-electron chi connectivity index (χ2n) is 7.02. The van der Waals surface area contributed by atoms with E-state index in [4.69, 9.17) is 4.74 Å². The zero-order chi connectivity index (χ0) is 22.9. The number of hydrogen-bond donors (Lipinski definition) is 0. The highest BCUT2D eigenvalue weighted by atomic mass is 32.2. The van der Waals surface area contributed by atoms with E-state index in [0.29, 0.717) is 43.7 Å². The minimum absolute atomic E-state index is 0.161. The SMILES string of the molecule is COC(=O)c1ccc2c(=O)n(-c3ccccc3)c(SCc3cc(=O)n4ccsc4n3)nc2c1. The number of para-hydroxylation sites is 1. The number of carbonyl (C=O) groups is 1. The van der Waals surface area contributed by atoms with Crippen LogP contribution in [0.5, 0.6) is 0 Å². The second-order valence-corrected chi connectivity index (χ2v) is 8.84. The van der Waals surface area contributed by atoms with Crippen LogP contribution in [0, 0.1) is 0 Å². The van der Waals surface area contributed by atoms with Crippen LogP contribution >= 0.6 is 23.1 Å². The van der Waals surface area contributed by atoms with Crippen molar-refractivity contribution in [1.82, 2.24) is 18.9 Å². The van der Waals surface area contributed by atoms with E-state index in [2.05, 4.69) is 9.97 Å². The molecular formula is C23H16N4O4S2. The maximum absolute atomic E-state index is 13.4. The number of rotatable bonds is 5. The lowest BCUT2D eigenvalue weighted by Gasteiger charge is -2.13. The van der Waals surface area contributed by atoms with Crippen molar-refractivity contribution < 1.29 is 9.53 Å². The molecule has 0 saturated heterocycles. The van der Waals surface area contributed by atoms with Gasteiger partial charge in [0.2, 0.25) is 0 Å². The van der Waals surface area contributed by atoms with Gasteiger partial charge >= 0.3 is 5.97 Å². The molecular weight excluding hydrogens is 460 g/mol. The number of methoxy groups -OCH3 is 1. The van der Waals surface area contributed by atoms with Crippen molar-refractivity contribution in [3.63, 3.8) is 0 Å². The van der Waals surface area contributed by atoms with Gasteiger partial charge in [0.15, 0.2) is 10.1 Å². The molecule has 0 bridgehead atoms. The molecule has 5 rings (SSSR count). The molecule has 0 spiro atoms. The average molecular weight is 477 g/mol. The van der Waals surface area contributed by atoms with Crippen molar-refractivity contribution in [2.75, 3.05) is 7.11 Å². The Kier molecular flexibility index (Phi) is 5.53. The molecule has 2 aromatic carbocycles. The number of esters is 1. The maximum Gasteiger partial charge on any atom is 0.337 e. The molecule has 0 aliphatic rings. The van der Waals surface area contributed by atoms with Crippen LogP contribution in [0.15, 0.2) is 80.9 Å². The molecule has 0 radical (unpaired) electrons. The average Bonchev–Trinajstić information content (AvgIpc) is 3.32. The molecule has 3 heterocycles. The van der Waals surface area contributed by atoms with Crippen molar-refractivity contribution in [2.24, 2.45) is 0 Å². The Morgan fingerprint density at radius 2 is 1.91 bits per heavy atom. The van der Waals surface area contributed by atoms with Crippen LogP contribution in [0.2, 0.25) is 0 Å². The first-order valence-electron chi connectivity index (χ1n) is 9.84. The smallest absolute Gasteiger partial charge is 0.337 e. The van der Waals surface area contributed by atoms with Gasteiger partial charge in [-0.15, -0.1) is 11.3 Å². The molecule has 0 atom stereocenters. The van der Waals surface area contributed by atoms with Crippen molar-refractivity contribution >= 4 is 44.9 Å². The molecule has 5 aromatic rings. The second kappa shape index (κ2) is 8.64. The summed E-state index contributed by atoms with van der Waals surface area (Å²) in [6, 6.07) is 15.4. The first-order chi connectivity index (χ1) is 16.0. The molecule has 0 amide bonds. The largest absolute Gasteiger partial charge is 0.465 e. The van der Waals surface area contributed by atoms with Crippen molar-refractivity contribution in [1.29, 1.82) is 0 Å². The zero-order valence-corrected chi connectivity index (χ0v) is 18.9. The van der Waals surface area contributed by atoms with E-state index >= 15 is 0 Å². The van der Waals surface area contributed by atoms with E-state index in [1.165, 1.54) is 45.2 Å². The highest BCUT2D eigenvalue weighted by molar-refractivity contribution is 7.98. The van der Waals surface area contributed by atoms with Gasteiger partial charge in [0.1, 0.15) is 0 Å². The molecule has 33 heavy (non-hydrogen) atoms. The Hall–Kier alpha value is -3.76. The van der Waals surface area contributed by atoms with E-state index < -0.39 is 5.97 Å². The van der Waals surface area contributed by atoms with Crippen LogP contribution < -0.4 is 11.1 Å². The number of thiazole rings is 1. The number of benzene rings is 2. The fraction of sp³-hybridized carbons (Fsp3) is 0.0870. The molecule has 0 unspecified atom stereocenters. The molecule has 164 valence electrons. The van der Waals surface area contributed by atoms with Crippen molar-refractivity contribution in [3.05, 3.63) is 98.1 Å². The lowest BCUT2D eigenvalue weighted by molar-refractivity contribution is 0.0601. The third kappa shape index (κ3) is 3.94. The first-order valence-corrected chi connectivity index (χ1v) is 11.7. The highest BCUT2D eigenvalue weighted by Gasteiger charge is 2.16. The van der Waals surface area contributed by atoms with Gasteiger partial charge in [-0.1, -0.05) is 30.0 Å². The summed E-state index contributed by atoms with van der Waals surface area (Å²) in [5.74, 6) is -0.167. The van der Waals surface area contributed by atoms with Crippen LogP contribution in [0.3, 0.4) is 0 Å². The molecule has 8 nitrogen and oxygen atoms in total. The summed E-state index contributed by atoms with van der Waals surface area (Å²) in [6.07, 6.45) is 1.68.